The Morgan fingerprint density at radius 2 is 2.10 bits per heavy atom. The predicted octanol–water partition coefficient (Wildman–Crippen LogP) is 2.70. The summed E-state index contributed by atoms with van der Waals surface area (Å²) in [5, 5.41) is 15.9. The molecule has 0 atom stereocenters. The lowest BCUT2D eigenvalue weighted by molar-refractivity contribution is -0.117. The standard InChI is InChI=1S/C15H22N2O2.ClH/c1-2-11-3-4-14(18)13(9-11)17-15(19)10-12-5-7-16-8-6-12;/h3-4,9,12,16,18H,2,5-8,10H2,1H3,(H,17,19);1H. The second kappa shape index (κ2) is 8.12. The van der Waals surface area contributed by atoms with Gasteiger partial charge in [0, 0.05) is 6.42 Å². The number of phenolic OH excluding ortho intramolecular Hbond substituents is 1. The van der Waals surface area contributed by atoms with E-state index in [0.717, 1.165) is 37.9 Å². The van der Waals surface area contributed by atoms with Crippen LogP contribution in [0.1, 0.15) is 31.7 Å². The molecule has 0 spiro atoms. The van der Waals surface area contributed by atoms with Gasteiger partial charge in [-0.15, -0.1) is 12.4 Å². The van der Waals surface area contributed by atoms with Gasteiger partial charge in [-0.25, -0.2) is 0 Å². The fourth-order valence-electron chi connectivity index (χ4n) is 2.45. The van der Waals surface area contributed by atoms with Crippen LogP contribution in [0.25, 0.3) is 0 Å². The van der Waals surface area contributed by atoms with E-state index in [-0.39, 0.29) is 24.1 Å². The van der Waals surface area contributed by atoms with Crippen LogP contribution in [0, 0.1) is 5.92 Å². The lowest BCUT2D eigenvalue weighted by Crippen LogP contribution is -2.30. The Morgan fingerprint density at radius 3 is 2.75 bits per heavy atom. The maximum absolute atomic E-state index is 12.0. The summed E-state index contributed by atoms with van der Waals surface area (Å²) in [5.74, 6) is 0.587. The number of amides is 1. The number of halogens is 1. The van der Waals surface area contributed by atoms with Crippen LogP contribution in [0.4, 0.5) is 5.69 Å². The van der Waals surface area contributed by atoms with Crippen molar-refractivity contribution in [1.82, 2.24) is 5.32 Å². The molecule has 20 heavy (non-hydrogen) atoms. The van der Waals surface area contributed by atoms with E-state index in [1.54, 1.807) is 6.07 Å². The van der Waals surface area contributed by atoms with E-state index < -0.39 is 0 Å². The number of anilines is 1. The molecule has 1 aromatic rings. The van der Waals surface area contributed by atoms with Crippen molar-refractivity contribution in [2.45, 2.75) is 32.6 Å². The third kappa shape index (κ3) is 4.69. The van der Waals surface area contributed by atoms with Gasteiger partial charge in [0.2, 0.25) is 5.91 Å². The number of aromatic hydroxyl groups is 1. The normalized spacial score (nSPS) is 15.4. The van der Waals surface area contributed by atoms with Crippen LogP contribution >= 0.6 is 12.4 Å². The van der Waals surface area contributed by atoms with Crippen LogP contribution in [0.5, 0.6) is 5.75 Å². The molecule has 1 saturated heterocycles. The van der Waals surface area contributed by atoms with E-state index in [2.05, 4.69) is 10.6 Å². The molecular weight excluding hydrogens is 276 g/mol. The van der Waals surface area contributed by atoms with Crippen LogP contribution in [0.3, 0.4) is 0 Å². The van der Waals surface area contributed by atoms with Crippen molar-refractivity contribution in [1.29, 1.82) is 0 Å². The van der Waals surface area contributed by atoms with Crippen molar-refractivity contribution < 1.29 is 9.90 Å². The topological polar surface area (TPSA) is 61.4 Å². The average molecular weight is 299 g/mol. The fourth-order valence-corrected chi connectivity index (χ4v) is 2.45. The number of benzene rings is 1. The lowest BCUT2D eigenvalue weighted by atomic mass is 9.94. The number of carbonyl (C=O) groups excluding carboxylic acids is 1. The summed E-state index contributed by atoms with van der Waals surface area (Å²) >= 11 is 0. The van der Waals surface area contributed by atoms with E-state index >= 15 is 0 Å². The molecule has 0 radical (unpaired) electrons. The zero-order valence-electron chi connectivity index (χ0n) is 11.8. The number of hydrogen-bond acceptors (Lipinski definition) is 3. The molecule has 5 heteroatoms. The molecule has 4 nitrogen and oxygen atoms in total. The first-order chi connectivity index (χ1) is 9.19. The van der Waals surface area contributed by atoms with Gasteiger partial charge in [-0.3, -0.25) is 4.79 Å². The largest absolute Gasteiger partial charge is 0.506 e. The molecule has 0 bridgehead atoms. The summed E-state index contributed by atoms with van der Waals surface area (Å²) in [7, 11) is 0. The Bertz CT molecular complexity index is 445. The first kappa shape index (κ1) is 16.8. The second-order valence-corrected chi connectivity index (χ2v) is 5.15. The summed E-state index contributed by atoms with van der Waals surface area (Å²) in [6, 6.07) is 5.35. The first-order valence-electron chi connectivity index (χ1n) is 7.01. The van der Waals surface area contributed by atoms with Crippen molar-refractivity contribution in [2.75, 3.05) is 18.4 Å². The quantitative estimate of drug-likeness (QED) is 0.749. The van der Waals surface area contributed by atoms with Crippen molar-refractivity contribution in [2.24, 2.45) is 5.92 Å². The molecule has 0 aliphatic carbocycles. The molecule has 2 rings (SSSR count). The van der Waals surface area contributed by atoms with Crippen molar-refractivity contribution >= 4 is 24.0 Å². The van der Waals surface area contributed by atoms with E-state index in [0.29, 0.717) is 18.0 Å². The van der Waals surface area contributed by atoms with Crippen molar-refractivity contribution in [3.05, 3.63) is 23.8 Å². The number of aryl methyl sites for hydroxylation is 1. The Kier molecular flexibility index (Phi) is 6.82. The van der Waals surface area contributed by atoms with Gasteiger partial charge < -0.3 is 15.7 Å². The van der Waals surface area contributed by atoms with E-state index in [1.807, 2.05) is 19.1 Å². The maximum Gasteiger partial charge on any atom is 0.224 e. The zero-order chi connectivity index (χ0) is 13.7. The number of carbonyl (C=O) groups is 1. The maximum atomic E-state index is 12.0. The third-order valence-corrected chi connectivity index (χ3v) is 3.68. The molecule has 3 N–H and O–H groups in total. The number of nitrogens with one attached hydrogen (secondary N) is 2. The van der Waals surface area contributed by atoms with Gasteiger partial charge in [-0.1, -0.05) is 13.0 Å². The number of phenols is 1. The Morgan fingerprint density at radius 1 is 1.40 bits per heavy atom. The molecule has 0 unspecified atom stereocenters. The number of rotatable bonds is 4. The van der Waals surface area contributed by atoms with E-state index in [9.17, 15) is 9.90 Å². The Labute approximate surface area is 126 Å². The second-order valence-electron chi connectivity index (χ2n) is 5.15. The molecule has 1 aromatic carbocycles. The van der Waals surface area contributed by atoms with Crippen LogP contribution in [-0.2, 0) is 11.2 Å². The average Bonchev–Trinajstić information content (AvgIpc) is 2.42. The van der Waals surface area contributed by atoms with Gasteiger partial charge in [-0.05, 0) is 56.0 Å². The summed E-state index contributed by atoms with van der Waals surface area (Å²) < 4.78 is 0. The minimum absolute atomic E-state index is 0. The SMILES string of the molecule is CCc1ccc(O)c(NC(=O)CC2CCNCC2)c1.Cl. The van der Waals surface area contributed by atoms with Crippen LogP contribution < -0.4 is 10.6 Å². The number of piperidine rings is 1. The fraction of sp³-hybridized carbons (Fsp3) is 0.533. The summed E-state index contributed by atoms with van der Waals surface area (Å²) in [6.45, 7) is 4.04. The third-order valence-electron chi connectivity index (χ3n) is 3.68. The molecule has 0 saturated carbocycles. The molecule has 0 aromatic heterocycles. The molecule has 1 heterocycles. The van der Waals surface area contributed by atoms with Gasteiger partial charge in [-0.2, -0.15) is 0 Å². The Hall–Kier alpha value is -1.26. The van der Waals surface area contributed by atoms with Crippen LogP contribution in [-0.4, -0.2) is 24.1 Å². The van der Waals surface area contributed by atoms with Gasteiger partial charge >= 0.3 is 0 Å². The van der Waals surface area contributed by atoms with Crippen molar-refractivity contribution in [3.8, 4) is 5.75 Å². The van der Waals surface area contributed by atoms with E-state index in [4.69, 9.17) is 0 Å². The summed E-state index contributed by atoms with van der Waals surface area (Å²) in [6.07, 6.45) is 3.53. The van der Waals surface area contributed by atoms with E-state index in [1.165, 1.54) is 0 Å². The number of hydrogen-bond donors (Lipinski definition) is 3. The monoisotopic (exact) mass is 298 g/mol. The van der Waals surface area contributed by atoms with Gasteiger partial charge in [0.15, 0.2) is 0 Å². The summed E-state index contributed by atoms with van der Waals surface area (Å²) in [4.78, 5) is 12.0. The highest BCUT2D eigenvalue weighted by atomic mass is 35.5. The lowest BCUT2D eigenvalue weighted by Gasteiger charge is -2.22. The first-order valence-corrected chi connectivity index (χ1v) is 7.01. The molecule has 1 fully saturated rings. The van der Waals surface area contributed by atoms with Crippen LogP contribution in [0.2, 0.25) is 0 Å². The molecule has 1 aliphatic heterocycles. The Balaban J connectivity index is 0.00000200. The summed E-state index contributed by atoms with van der Waals surface area (Å²) in [5.41, 5.74) is 1.63. The van der Waals surface area contributed by atoms with Gasteiger partial charge in [0.1, 0.15) is 5.75 Å². The molecule has 1 aliphatic rings. The molecular formula is C15H23ClN2O2. The highest BCUT2D eigenvalue weighted by Crippen LogP contribution is 2.25. The van der Waals surface area contributed by atoms with Gasteiger partial charge in [0.05, 0.1) is 5.69 Å². The highest BCUT2D eigenvalue weighted by Gasteiger charge is 2.17. The molecule has 1 amide bonds. The highest BCUT2D eigenvalue weighted by molar-refractivity contribution is 5.92. The zero-order valence-corrected chi connectivity index (χ0v) is 12.6. The van der Waals surface area contributed by atoms with Gasteiger partial charge in [0.25, 0.3) is 0 Å². The van der Waals surface area contributed by atoms with Crippen molar-refractivity contribution in [3.63, 3.8) is 0 Å². The minimum Gasteiger partial charge on any atom is -0.506 e. The van der Waals surface area contributed by atoms with Crippen LogP contribution in [0.15, 0.2) is 18.2 Å². The minimum atomic E-state index is -0.00421. The predicted molar refractivity (Wildman–Crippen MR) is 83.6 cm³/mol. The smallest absolute Gasteiger partial charge is 0.224 e. The molecule has 112 valence electrons.